The summed E-state index contributed by atoms with van der Waals surface area (Å²) in [4.78, 5) is 11.7. The van der Waals surface area contributed by atoms with Crippen molar-refractivity contribution in [3.63, 3.8) is 0 Å². The molecule has 0 unspecified atom stereocenters. The molecule has 0 radical (unpaired) electrons. The summed E-state index contributed by atoms with van der Waals surface area (Å²) in [7, 11) is 0. The summed E-state index contributed by atoms with van der Waals surface area (Å²) in [6.45, 7) is 1.25. The van der Waals surface area contributed by atoms with Crippen LogP contribution in [0.15, 0.2) is 51.6 Å². The van der Waals surface area contributed by atoms with E-state index in [0.717, 1.165) is 15.9 Å². The lowest BCUT2D eigenvalue weighted by Gasteiger charge is -2.06. The summed E-state index contributed by atoms with van der Waals surface area (Å²) in [6.07, 6.45) is 2.06. The molecule has 1 aromatic heterocycles. The Kier molecular flexibility index (Phi) is 5.18. The van der Waals surface area contributed by atoms with Crippen LogP contribution in [0.4, 0.5) is 5.69 Å². The zero-order valence-corrected chi connectivity index (χ0v) is 11.9. The molecule has 0 spiro atoms. The fourth-order valence-corrected chi connectivity index (χ4v) is 1.85. The molecule has 1 aromatic carbocycles. The molecule has 100 valence electrons. The average Bonchev–Trinajstić information content (AvgIpc) is 2.91. The first kappa shape index (κ1) is 13.8. The van der Waals surface area contributed by atoms with Gasteiger partial charge in [-0.2, -0.15) is 0 Å². The lowest BCUT2D eigenvalue weighted by atomic mass is 10.3. The second-order valence-corrected chi connectivity index (χ2v) is 4.98. The van der Waals surface area contributed by atoms with Crippen molar-refractivity contribution in [2.45, 2.75) is 13.0 Å². The fourth-order valence-electron chi connectivity index (χ4n) is 1.58. The Morgan fingerprint density at radius 2 is 2.00 bits per heavy atom. The van der Waals surface area contributed by atoms with Crippen molar-refractivity contribution < 1.29 is 9.21 Å². The van der Waals surface area contributed by atoms with Gasteiger partial charge in [-0.3, -0.25) is 4.79 Å². The van der Waals surface area contributed by atoms with Crippen LogP contribution in [0.3, 0.4) is 0 Å². The molecule has 0 saturated heterocycles. The molecule has 2 aromatic rings. The van der Waals surface area contributed by atoms with Crippen molar-refractivity contribution in [3.8, 4) is 0 Å². The highest BCUT2D eigenvalue weighted by Gasteiger charge is 2.02. The summed E-state index contributed by atoms with van der Waals surface area (Å²) < 4.78 is 6.17. The van der Waals surface area contributed by atoms with Gasteiger partial charge in [0.15, 0.2) is 0 Å². The third-order valence-corrected chi connectivity index (χ3v) is 3.06. The number of rotatable bonds is 6. The topological polar surface area (TPSA) is 54.3 Å². The molecule has 5 heteroatoms. The molecule has 0 aliphatic heterocycles. The van der Waals surface area contributed by atoms with Crippen molar-refractivity contribution >= 4 is 27.5 Å². The van der Waals surface area contributed by atoms with Crippen molar-refractivity contribution in [1.29, 1.82) is 0 Å². The van der Waals surface area contributed by atoms with Crippen LogP contribution in [0.25, 0.3) is 0 Å². The molecule has 2 rings (SSSR count). The molecule has 1 amide bonds. The molecule has 0 aliphatic rings. The number of nitrogens with one attached hydrogen (secondary N) is 2. The Morgan fingerprint density at radius 1 is 1.21 bits per heavy atom. The Morgan fingerprint density at radius 3 is 2.68 bits per heavy atom. The quantitative estimate of drug-likeness (QED) is 0.803. The summed E-state index contributed by atoms with van der Waals surface area (Å²) in [5.41, 5.74) is 0.805. The van der Waals surface area contributed by atoms with Crippen molar-refractivity contribution in [3.05, 3.63) is 52.9 Å². The van der Waals surface area contributed by atoms with Crippen LogP contribution in [0.5, 0.6) is 0 Å². The number of amides is 1. The molecule has 2 N–H and O–H groups in total. The van der Waals surface area contributed by atoms with Crippen molar-refractivity contribution in [2.75, 3.05) is 11.9 Å². The summed E-state index contributed by atoms with van der Waals surface area (Å²) in [6, 6.07) is 11.2. The molecule has 0 saturated carbocycles. The number of carbonyl (C=O) groups is 1. The van der Waals surface area contributed by atoms with E-state index in [-0.39, 0.29) is 5.91 Å². The maximum absolute atomic E-state index is 11.7. The molecular weight excluding hydrogens is 308 g/mol. The second kappa shape index (κ2) is 7.11. The van der Waals surface area contributed by atoms with Gasteiger partial charge in [0.2, 0.25) is 5.91 Å². The standard InChI is InChI=1S/C14H15BrN2O2/c15-11-3-5-12(6-4-11)17-14(18)7-8-16-10-13-2-1-9-19-13/h1-6,9,16H,7-8,10H2,(H,17,18). The van der Waals surface area contributed by atoms with Crippen molar-refractivity contribution in [1.82, 2.24) is 5.32 Å². The van der Waals surface area contributed by atoms with Gasteiger partial charge in [-0.25, -0.2) is 0 Å². The summed E-state index contributed by atoms with van der Waals surface area (Å²) in [5, 5.41) is 5.99. The Labute approximate surface area is 120 Å². The highest BCUT2D eigenvalue weighted by molar-refractivity contribution is 9.10. The third-order valence-electron chi connectivity index (χ3n) is 2.54. The number of anilines is 1. The predicted octanol–water partition coefficient (Wildman–Crippen LogP) is 3.16. The number of halogens is 1. The molecular formula is C14H15BrN2O2. The average molecular weight is 323 g/mol. The largest absolute Gasteiger partial charge is 0.468 e. The van der Waals surface area contributed by atoms with Crippen LogP contribution in [-0.4, -0.2) is 12.5 Å². The van der Waals surface area contributed by atoms with E-state index in [4.69, 9.17) is 4.42 Å². The van der Waals surface area contributed by atoms with E-state index in [0.29, 0.717) is 19.5 Å². The number of hydrogen-bond acceptors (Lipinski definition) is 3. The lowest BCUT2D eigenvalue weighted by molar-refractivity contribution is -0.116. The van der Waals surface area contributed by atoms with Crippen LogP contribution in [0.2, 0.25) is 0 Å². The highest BCUT2D eigenvalue weighted by atomic mass is 79.9. The normalized spacial score (nSPS) is 10.4. The van der Waals surface area contributed by atoms with E-state index in [1.807, 2.05) is 36.4 Å². The molecule has 0 fully saturated rings. The summed E-state index contributed by atoms with van der Waals surface area (Å²) in [5.74, 6) is 0.864. The third kappa shape index (κ3) is 4.89. The summed E-state index contributed by atoms with van der Waals surface area (Å²) >= 11 is 3.35. The molecule has 1 heterocycles. The van der Waals surface area contributed by atoms with Gasteiger partial charge in [0, 0.05) is 23.1 Å². The first-order chi connectivity index (χ1) is 9.24. The van der Waals surface area contributed by atoms with Crippen LogP contribution in [0.1, 0.15) is 12.2 Å². The van der Waals surface area contributed by atoms with E-state index >= 15 is 0 Å². The van der Waals surface area contributed by atoms with Crippen LogP contribution >= 0.6 is 15.9 Å². The Hall–Kier alpha value is -1.59. The molecule has 0 aliphatic carbocycles. The number of carbonyl (C=O) groups excluding carboxylic acids is 1. The lowest BCUT2D eigenvalue weighted by Crippen LogP contribution is -2.21. The van der Waals surface area contributed by atoms with E-state index in [2.05, 4.69) is 26.6 Å². The minimum absolute atomic E-state index is 0.00531. The van der Waals surface area contributed by atoms with Crippen LogP contribution in [0, 0.1) is 0 Å². The number of hydrogen-bond donors (Lipinski definition) is 2. The van der Waals surface area contributed by atoms with Gasteiger partial charge in [0.1, 0.15) is 5.76 Å². The molecule has 0 bridgehead atoms. The van der Waals surface area contributed by atoms with E-state index < -0.39 is 0 Å². The maximum Gasteiger partial charge on any atom is 0.225 e. The van der Waals surface area contributed by atoms with E-state index in [1.54, 1.807) is 6.26 Å². The zero-order valence-electron chi connectivity index (χ0n) is 10.4. The second-order valence-electron chi connectivity index (χ2n) is 4.06. The highest BCUT2D eigenvalue weighted by Crippen LogP contribution is 2.14. The van der Waals surface area contributed by atoms with Gasteiger partial charge in [-0.15, -0.1) is 0 Å². The smallest absolute Gasteiger partial charge is 0.225 e. The van der Waals surface area contributed by atoms with E-state index in [1.165, 1.54) is 0 Å². The van der Waals surface area contributed by atoms with Gasteiger partial charge in [0.25, 0.3) is 0 Å². The Bertz CT molecular complexity index is 509. The Balaban J connectivity index is 1.65. The fraction of sp³-hybridized carbons (Fsp3) is 0.214. The van der Waals surface area contributed by atoms with E-state index in [9.17, 15) is 4.79 Å². The van der Waals surface area contributed by atoms with Gasteiger partial charge in [-0.05, 0) is 36.4 Å². The molecule has 4 nitrogen and oxygen atoms in total. The van der Waals surface area contributed by atoms with Gasteiger partial charge >= 0.3 is 0 Å². The zero-order chi connectivity index (χ0) is 13.5. The number of furan rings is 1. The number of benzene rings is 1. The van der Waals surface area contributed by atoms with Crippen LogP contribution in [-0.2, 0) is 11.3 Å². The van der Waals surface area contributed by atoms with Gasteiger partial charge < -0.3 is 15.1 Å². The van der Waals surface area contributed by atoms with Crippen molar-refractivity contribution in [2.24, 2.45) is 0 Å². The predicted molar refractivity (Wildman–Crippen MR) is 77.8 cm³/mol. The first-order valence-electron chi connectivity index (χ1n) is 6.02. The minimum atomic E-state index is -0.00531. The maximum atomic E-state index is 11.7. The molecule has 0 atom stereocenters. The van der Waals surface area contributed by atoms with Crippen LogP contribution < -0.4 is 10.6 Å². The monoisotopic (exact) mass is 322 g/mol. The van der Waals surface area contributed by atoms with Gasteiger partial charge in [0.05, 0.1) is 12.8 Å². The SMILES string of the molecule is O=C(CCNCc1ccco1)Nc1ccc(Br)cc1. The van der Waals surface area contributed by atoms with Gasteiger partial charge in [-0.1, -0.05) is 15.9 Å². The first-order valence-corrected chi connectivity index (χ1v) is 6.82. The minimum Gasteiger partial charge on any atom is -0.468 e. The molecule has 19 heavy (non-hydrogen) atoms.